The van der Waals surface area contributed by atoms with Crippen molar-refractivity contribution in [2.24, 2.45) is 5.16 Å². The van der Waals surface area contributed by atoms with Crippen LogP contribution in [0.15, 0.2) is 47.6 Å². The molecule has 2 aromatic carbocycles. The first kappa shape index (κ1) is 12.0. The number of benzene rings is 2. The largest absolute Gasteiger partial charge is 0.411 e. The number of hydrogen-bond acceptors (Lipinski definition) is 2. The highest BCUT2D eigenvalue weighted by atomic mass is 16.4. The van der Waals surface area contributed by atoms with Gasteiger partial charge in [-0.15, -0.1) is 0 Å². The van der Waals surface area contributed by atoms with Crippen LogP contribution in [-0.2, 0) is 6.42 Å². The molecule has 0 saturated heterocycles. The summed E-state index contributed by atoms with van der Waals surface area (Å²) in [4.78, 5) is 0. The third-order valence-electron chi connectivity index (χ3n) is 3.75. The predicted molar refractivity (Wildman–Crippen MR) is 77.9 cm³/mol. The number of hydrogen-bond donors (Lipinski definition) is 1. The van der Waals surface area contributed by atoms with Crippen molar-refractivity contribution in [2.75, 3.05) is 0 Å². The van der Waals surface area contributed by atoms with Crippen LogP contribution in [0.3, 0.4) is 0 Å². The molecular weight excluding hydrogens is 234 g/mol. The summed E-state index contributed by atoms with van der Waals surface area (Å²) in [5, 5.41) is 12.5. The van der Waals surface area contributed by atoms with Gasteiger partial charge < -0.3 is 5.21 Å². The lowest BCUT2D eigenvalue weighted by Gasteiger charge is -2.18. The van der Waals surface area contributed by atoms with Gasteiger partial charge in [-0.2, -0.15) is 0 Å². The molecule has 3 rings (SSSR count). The van der Waals surface area contributed by atoms with E-state index in [1.165, 1.54) is 22.3 Å². The molecule has 0 bridgehead atoms. The molecule has 19 heavy (non-hydrogen) atoms. The van der Waals surface area contributed by atoms with Crippen LogP contribution in [-0.4, -0.2) is 10.9 Å². The van der Waals surface area contributed by atoms with Gasteiger partial charge >= 0.3 is 0 Å². The van der Waals surface area contributed by atoms with Gasteiger partial charge in [0.25, 0.3) is 0 Å². The second-order valence-corrected chi connectivity index (χ2v) is 5.14. The van der Waals surface area contributed by atoms with Gasteiger partial charge in [0.2, 0.25) is 0 Å². The van der Waals surface area contributed by atoms with Crippen LogP contribution in [0.4, 0.5) is 0 Å². The average Bonchev–Trinajstić information content (AvgIpc) is 2.46. The van der Waals surface area contributed by atoms with Gasteiger partial charge in [0.05, 0.1) is 5.71 Å². The van der Waals surface area contributed by atoms with Crippen LogP contribution in [0.5, 0.6) is 0 Å². The van der Waals surface area contributed by atoms with Crippen LogP contribution >= 0.6 is 0 Å². The van der Waals surface area contributed by atoms with Crippen molar-refractivity contribution >= 4 is 5.71 Å². The Hall–Kier alpha value is -2.09. The Morgan fingerprint density at radius 3 is 2.63 bits per heavy atom. The molecule has 1 N–H and O–H groups in total. The van der Waals surface area contributed by atoms with Gasteiger partial charge in [-0.3, -0.25) is 0 Å². The lowest BCUT2D eigenvalue weighted by atomic mass is 9.87. The summed E-state index contributed by atoms with van der Waals surface area (Å²) in [6.07, 6.45) is 2.99. The Labute approximate surface area is 113 Å². The van der Waals surface area contributed by atoms with E-state index in [1.807, 2.05) is 0 Å². The fourth-order valence-corrected chi connectivity index (χ4v) is 2.77. The van der Waals surface area contributed by atoms with E-state index in [2.05, 4.69) is 54.5 Å². The molecule has 0 aliphatic heterocycles. The van der Waals surface area contributed by atoms with Crippen molar-refractivity contribution in [2.45, 2.75) is 26.2 Å². The number of oxime groups is 1. The first-order chi connectivity index (χ1) is 9.28. The summed E-state index contributed by atoms with van der Waals surface area (Å²) in [7, 11) is 0. The smallest absolute Gasteiger partial charge is 0.0870 e. The minimum atomic E-state index is 0.817. The number of nitrogens with zero attached hydrogens (tertiary/aromatic N) is 1. The molecule has 0 spiro atoms. The second-order valence-electron chi connectivity index (χ2n) is 5.14. The molecule has 0 heterocycles. The minimum absolute atomic E-state index is 0.817. The van der Waals surface area contributed by atoms with Crippen LogP contribution in [0.1, 0.15) is 29.5 Å². The van der Waals surface area contributed by atoms with Crippen LogP contribution in [0.2, 0.25) is 0 Å². The van der Waals surface area contributed by atoms with E-state index in [9.17, 15) is 0 Å². The molecule has 0 amide bonds. The van der Waals surface area contributed by atoms with E-state index >= 15 is 0 Å². The van der Waals surface area contributed by atoms with Crippen molar-refractivity contribution in [1.29, 1.82) is 0 Å². The fourth-order valence-electron chi connectivity index (χ4n) is 2.77. The highest BCUT2D eigenvalue weighted by Crippen LogP contribution is 2.28. The summed E-state index contributed by atoms with van der Waals surface area (Å²) in [6.45, 7) is 2.11. The van der Waals surface area contributed by atoms with Gasteiger partial charge in [-0.05, 0) is 42.9 Å². The molecule has 0 saturated carbocycles. The van der Waals surface area contributed by atoms with Gasteiger partial charge in [-0.1, -0.05) is 53.2 Å². The number of rotatable bonds is 1. The van der Waals surface area contributed by atoms with Crippen molar-refractivity contribution in [3.05, 3.63) is 59.2 Å². The standard InChI is InChI=1S/C17H17NO/c1-12-4-2-5-13(10-12)14-8-9-16-15(11-14)6-3-7-17(16)18-19/h2,4-5,8-11,19H,3,6-7H2,1H3/b18-17+. The van der Waals surface area contributed by atoms with Crippen molar-refractivity contribution in [3.8, 4) is 11.1 Å². The lowest BCUT2D eigenvalue weighted by Crippen LogP contribution is -2.11. The molecule has 2 heteroatoms. The Bertz CT molecular complexity index is 643. The summed E-state index contributed by atoms with van der Waals surface area (Å²) in [5.74, 6) is 0. The van der Waals surface area contributed by atoms with Crippen LogP contribution in [0.25, 0.3) is 11.1 Å². The summed E-state index contributed by atoms with van der Waals surface area (Å²) < 4.78 is 0. The molecule has 2 nitrogen and oxygen atoms in total. The van der Waals surface area contributed by atoms with Gasteiger partial charge in [0, 0.05) is 5.56 Å². The Morgan fingerprint density at radius 1 is 1.00 bits per heavy atom. The van der Waals surface area contributed by atoms with E-state index in [0.29, 0.717) is 0 Å². The summed E-state index contributed by atoms with van der Waals surface area (Å²) >= 11 is 0. The highest BCUT2D eigenvalue weighted by molar-refractivity contribution is 6.02. The maximum Gasteiger partial charge on any atom is 0.0870 e. The summed E-state index contributed by atoms with van der Waals surface area (Å²) in [5.41, 5.74) is 6.96. The predicted octanol–water partition coefficient (Wildman–Crippen LogP) is 4.18. The molecular formula is C17H17NO. The maximum absolute atomic E-state index is 9.05. The SMILES string of the molecule is Cc1cccc(-c2ccc3c(c2)CCC/C3=N\O)c1. The third kappa shape index (κ3) is 2.26. The van der Waals surface area contributed by atoms with E-state index in [-0.39, 0.29) is 0 Å². The molecule has 1 aliphatic rings. The van der Waals surface area contributed by atoms with E-state index in [4.69, 9.17) is 5.21 Å². The Morgan fingerprint density at radius 2 is 1.84 bits per heavy atom. The highest BCUT2D eigenvalue weighted by Gasteiger charge is 2.16. The van der Waals surface area contributed by atoms with Gasteiger partial charge in [-0.25, -0.2) is 0 Å². The number of fused-ring (bicyclic) bond motifs is 1. The lowest BCUT2D eigenvalue weighted by molar-refractivity contribution is 0.317. The molecule has 96 valence electrons. The van der Waals surface area contributed by atoms with Gasteiger partial charge in [0.1, 0.15) is 0 Å². The average molecular weight is 251 g/mol. The third-order valence-corrected chi connectivity index (χ3v) is 3.75. The fraction of sp³-hybridized carbons (Fsp3) is 0.235. The van der Waals surface area contributed by atoms with Gasteiger partial charge in [0.15, 0.2) is 0 Å². The molecule has 0 aromatic heterocycles. The van der Waals surface area contributed by atoms with Crippen molar-refractivity contribution in [3.63, 3.8) is 0 Å². The quantitative estimate of drug-likeness (QED) is 0.598. The molecule has 0 atom stereocenters. The minimum Gasteiger partial charge on any atom is -0.411 e. The van der Waals surface area contributed by atoms with Crippen LogP contribution < -0.4 is 0 Å². The monoisotopic (exact) mass is 251 g/mol. The summed E-state index contributed by atoms with van der Waals surface area (Å²) in [6, 6.07) is 15.0. The van der Waals surface area contributed by atoms with E-state index < -0.39 is 0 Å². The molecule has 0 unspecified atom stereocenters. The maximum atomic E-state index is 9.05. The zero-order valence-corrected chi connectivity index (χ0v) is 11.1. The first-order valence-corrected chi connectivity index (χ1v) is 6.69. The molecule has 0 radical (unpaired) electrons. The Kier molecular flexibility index (Phi) is 3.08. The first-order valence-electron chi connectivity index (χ1n) is 6.69. The number of aryl methyl sites for hydroxylation is 2. The zero-order chi connectivity index (χ0) is 13.2. The normalized spacial score (nSPS) is 16.4. The Balaban J connectivity index is 2.07. The molecule has 0 fully saturated rings. The van der Waals surface area contributed by atoms with E-state index in [0.717, 1.165) is 30.5 Å². The second kappa shape index (κ2) is 4.88. The van der Waals surface area contributed by atoms with E-state index in [1.54, 1.807) is 0 Å². The van der Waals surface area contributed by atoms with Crippen molar-refractivity contribution in [1.82, 2.24) is 0 Å². The van der Waals surface area contributed by atoms with Crippen LogP contribution in [0, 0.1) is 6.92 Å². The zero-order valence-electron chi connectivity index (χ0n) is 11.1. The topological polar surface area (TPSA) is 32.6 Å². The molecule has 1 aliphatic carbocycles. The molecule has 2 aromatic rings. The van der Waals surface area contributed by atoms with Crippen molar-refractivity contribution < 1.29 is 5.21 Å².